The molecule has 1 N–H and O–H groups in total. The molecule has 1 saturated heterocycles. The number of rotatable bonds is 6. The van der Waals surface area contributed by atoms with Crippen molar-refractivity contribution in [2.24, 2.45) is 0 Å². The van der Waals surface area contributed by atoms with Crippen LogP contribution in [0.15, 0.2) is 36.7 Å². The van der Waals surface area contributed by atoms with Gasteiger partial charge in [0.25, 0.3) is 5.91 Å². The number of hydrogen-bond donors (Lipinski definition) is 1. The number of methoxy groups -OCH3 is 1. The molecule has 1 amide bonds. The Labute approximate surface area is 217 Å². The topological polar surface area (TPSA) is 87.2 Å². The summed E-state index contributed by atoms with van der Waals surface area (Å²) in [6.45, 7) is 8.37. The molecule has 5 heterocycles. The third-order valence-electron chi connectivity index (χ3n) is 6.93. The van der Waals surface area contributed by atoms with Crippen molar-refractivity contribution in [2.75, 3.05) is 38.2 Å². The van der Waals surface area contributed by atoms with E-state index in [0.29, 0.717) is 49.1 Å². The van der Waals surface area contributed by atoms with Crippen LogP contribution >= 0.6 is 0 Å². The zero-order valence-electron chi connectivity index (χ0n) is 21.6. The lowest BCUT2D eigenvalue weighted by Crippen LogP contribution is -2.49. The van der Waals surface area contributed by atoms with Crippen LogP contribution in [0.25, 0.3) is 22.2 Å². The van der Waals surface area contributed by atoms with Gasteiger partial charge in [0.05, 0.1) is 13.3 Å². The number of piperazine rings is 1. The van der Waals surface area contributed by atoms with Crippen molar-refractivity contribution >= 4 is 22.8 Å². The van der Waals surface area contributed by atoms with Gasteiger partial charge >= 0.3 is 0 Å². The van der Waals surface area contributed by atoms with Gasteiger partial charge < -0.3 is 19.5 Å². The molecule has 0 bridgehead atoms. The van der Waals surface area contributed by atoms with Crippen LogP contribution in [0, 0.1) is 12.7 Å². The van der Waals surface area contributed by atoms with E-state index in [2.05, 4.69) is 40.9 Å². The second-order valence-electron chi connectivity index (χ2n) is 9.26. The van der Waals surface area contributed by atoms with Crippen LogP contribution in [-0.4, -0.2) is 64.0 Å². The summed E-state index contributed by atoms with van der Waals surface area (Å²) >= 11 is 0. The van der Waals surface area contributed by atoms with Gasteiger partial charge in [-0.25, -0.2) is 14.4 Å². The predicted molar refractivity (Wildman–Crippen MR) is 144 cm³/mol. The van der Waals surface area contributed by atoms with Crippen molar-refractivity contribution in [3.05, 3.63) is 65.1 Å². The largest absolute Gasteiger partial charge is 0.493 e. The van der Waals surface area contributed by atoms with Gasteiger partial charge in [-0.1, -0.05) is 13.8 Å². The Hall–Kier alpha value is -4.01. The van der Waals surface area contributed by atoms with Crippen LogP contribution < -0.4 is 9.64 Å². The van der Waals surface area contributed by atoms with E-state index in [0.717, 1.165) is 40.7 Å². The highest BCUT2D eigenvalue weighted by atomic mass is 19.1. The Balaban J connectivity index is 0.00000336. The molecule has 0 aliphatic carbocycles. The summed E-state index contributed by atoms with van der Waals surface area (Å²) in [7, 11) is 1.50. The zero-order valence-corrected chi connectivity index (χ0v) is 21.6. The molecule has 1 fully saturated rings. The maximum Gasteiger partial charge on any atom is 0.270 e. The highest BCUT2D eigenvalue weighted by Crippen LogP contribution is 2.33. The average Bonchev–Trinajstić information content (AvgIpc) is 3.36. The normalized spacial score (nSPS) is 13.9. The molecule has 1 aliphatic heterocycles. The maximum absolute atomic E-state index is 13.6. The van der Waals surface area contributed by atoms with Gasteiger partial charge in [0, 0.05) is 62.2 Å². The summed E-state index contributed by atoms with van der Waals surface area (Å²) in [5.74, 6) is 0.456. The number of aryl methyl sites for hydroxylation is 3. The molecule has 5 rings (SSSR count). The summed E-state index contributed by atoms with van der Waals surface area (Å²) < 4.78 is 18.9. The van der Waals surface area contributed by atoms with E-state index in [1.807, 2.05) is 29.0 Å². The molecule has 0 radical (unpaired) electrons. The van der Waals surface area contributed by atoms with Gasteiger partial charge in [0.15, 0.2) is 11.6 Å². The van der Waals surface area contributed by atoms with Crippen molar-refractivity contribution in [1.29, 1.82) is 0 Å². The third-order valence-corrected chi connectivity index (χ3v) is 6.93. The number of nitrogens with zero attached hydrogens (tertiary/aromatic N) is 5. The lowest BCUT2D eigenvalue weighted by atomic mass is 9.97. The first-order valence-corrected chi connectivity index (χ1v) is 12.6. The number of nitrogens with one attached hydrogen (secondary N) is 1. The van der Waals surface area contributed by atoms with Crippen LogP contribution in [0.5, 0.6) is 5.75 Å². The van der Waals surface area contributed by atoms with Crippen LogP contribution in [0.2, 0.25) is 0 Å². The molecule has 37 heavy (non-hydrogen) atoms. The summed E-state index contributed by atoms with van der Waals surface area (Å²) in [5.41, 5.74) is 6.50. The standard InChI is InChI=1S/C28H31FN6O2.H2/c1-5-18-11-17(3)30-16-23(18)21-13-20(6-2)32-26-22(21)14-24(33-26)28(36)35-9-7-34(8-10-35)27-25(37-4)12-19(29)15-31-27;/h11-16H,5-10H2,1-4H3,(H,32,33);1H. The maximum atomic E-state index is 13.6. The predicted octanol–water partition coefficient (Wildman–Crippen LogP) is 4.81. The third kappa shape index (κ3) is 4.73. The Morgan fingerprint density at radius 3 is 2.54 bits per heavy atom. The van der Waals surface area contributed by atoms with Gasteiger partial charge in [-0.2, -0.15) is 0 Å². The van der Waals surface area contributed by atoms with Gasteiger partial charge in [0.1, 0.15) is 17.2 Å². The molecule has 8 nitrogen and oxygen atoms in total. The fourth-order valence-electron chi connectivity index (χ4n) is 4.92. The number of ether oxygens (including phenoxy) is 1. The van der Waals surface area contributed by atoms with Crippen LogP contribution in [0.4, 0.5) is 10.2 Å². The molecular weight excluding hydrogens is 471 g/mol. The summed E-state index contributed by atoms with van der Waals surface area (Å²) in [4.78, 5) is 34.1. The zero-order chi connectivity index (χ0) is 26.1. The van der Waals surface area contributed by atoms with Crippen molar-refractivity contribution in [3.63, 3.8) is 0 Å². The van der Waals surface area contributed by atoms with Gasteiger partial charge in [-0.3, -0.25) is 9.78 Å². The Morgan fingerprint density at radius 1 is 1.05 bits per heavy atom. The minimum Gasteiger partial charge on any atom is -0.493 e. The number of anilines is 1. The molecule has 0 unspecified atom stereocenters. The Kier molecular flexibility index (Phi) is 6.78. The summed E-state index contributed by atoms with van der Waals surface area (Å²) in [6.07, 6.45) is 4.78. The Morgan fingerprint density at radius 2 is 1.84 bits per heavy atom. The van der Waals surface area contributed by atoms with Crippen molar-refractivity contribution in [3.8, 4) is 16.9 Å². The van der Waals surface area contributed by atoms with Gasteiger partial charge in [0.2, 0.25) is 0 Å². The van der Waals surface area contributed by atoms with E-state index in [9.17, 15) is 9.18 Å². The van der Waals surface area contributed by atoms with Crippen LogP contribution in [0.3, 0.4) is 0 Å². The van der Waals surface area contributed by atoms with Gasteiger partial charge in [-0.05, 0) is 49.1 Å². The van der Waals surface area contributed by atoms with Crippen LogP contribution in [0.1, 0.15) is 42.7 Å². The van der Waals surface area contributed by atoms with E-state index in [4.69, 9.17) is 9.72 Å². The molecule has 0 atom stereocenters. The second-order valence-corrected chi connectivity index (χ2v) is 9.26. The lowest BCUT2D eigenvalue weighted by molar-refractivity contribution is 0.0741. The highest BCUT2D eigenvalue weighted by molar-refractivity contribution is 6.02. The molecule has 9 heteroatoms. The SMILES string of the molecule is CCc1cc(-c2cnc(C)cc2CC)c2cc(C(=O)N3CCN(c4ncc(F)cc4OC)CC3)[nH]c2n1.[HH]. The fraction of sp³-hybridized carbons (Fsp3) is 0.357. The molecule has 0 aromatic carbocycles. The number of aromatic amines is 1. The first-order valence-electron chi connectivity index (χ1n) is 12.6. The number of carbonyl (C=O) groups is 1. The molecule has 0 saturated carbocycles. The van der Waals surface area contributed by atoms with Crippen LogP contribution in [-0.2, 0) is 12.8 Å². The minimum atomic E-state index is -0.445. The number of aromatic nitrogens is 4. The number of hydrogen-bond acceptors (Lipinski definition) is 6. The fourth-order valence-corrected chi connectivity index (χ4v) is 4.92. The molecule has 194 valence electrons. The van der Waals surface area contributed by atoms with E-state index in [-0.39, 0.29) is 7.33 Å². The van der Waals surface area contributed by atoms with Crippen molar-refractivity contribution in [2.45, 2.75) is 33.6 Å². The summed E-state index contributed by atoms with van der Waals surface area (Å²) in [6, 6.07) is 7.47. The average molecular weight is 505 g/mol. The second kappa shape index (κ2) is 10.2. The Bertz CT molecular complexity index is 1470. The van der Waals surface area contributed by atoms with Crippen molar-refractivity contribution < 1.29 is 15.3 Å². The number of H-pyrrole nitrogens is 1. The molecular formula is C28H33FN6O2. The number of pyridine rings is 3. The first-order chi connectivity index (χ1) is 17.9. The smallest absolute Gasteiger partial charge is 0.270 e. The molecule has 1 aliphatic rings. The van der Waals surface area contributed by atoms with Crippen molar-refractivity contribution in [1.82, 2.24) is 24.8 Å². The number of amides is 1. The number of halogens is 1. The number of carbonyl (C=O) groups excluding carboxylic acids is 1. The highest BCUT2D eigenvalue weighted by Gasteiger charge is 2.26. The van der Waals surface area contributed by atoms with E-state index < -0.39 is 5.82 Å². The summed E-state index contributed by atoms with van der Waals surface area (Å²) in [5, 5.41) is 0.916. The van der Waals surface area contributed by atoms with E-state index in [1.54, 1.807) is 0 Å². The minimum absolute atomic E-state index is 0. The first kappa shape index (κ1) is 24.7. The quantitative estimate of drug-likeness (QED) is 0.406. The van der Waals surface area contributed by atoms with E-state index >= 15 is 0 Å². The molecule has 4 aromatic heterocycles. The number of fused-ring (bicyclic) bond motifs is 1. The molecule has 0 spiro atoms. The monoisotopic (exact) mass is 504 g/mol. The lowest BCUT2D eigenvalue weighted by Gasteiger charge is -2.35. The van der Waals surface area contributed by atoms with E-state index in [1.165, 1.54) is 24.9 Å². The van der Waals surface area contributed by atoms with Gasteiger partial charge in [-0.15, -0.1) is 0 Å². The molecule has 4 aromatic rings.